The van der Waals surface area contributed by atoms with E-state index in [0.717, 1.165) is 27.7 Å². The van der Waals surface area contributed by atoms with E-state index >= 15 is 0 Å². The van der Waals surface area contributed by atoms with Crippen LogP contribution in [0.3, 0.4) is 0 Å². The number of nitrogens with two attached hydrogens (primary N) is 1. The number of ether oxygens (including phenoxy) is 1. The second-order valence-corrected chi connectivity index (χ2v) is 5.87. The zero-order chi connectivity index (χ0) is 15.4. The van der Waals surface area contributed by atoms with Gasteiger partial charge in [0.05, 0.1) is 23.5 Å². The molecule has 0 saturated carbocycles. The Morgan fingerprint density at radius 1 is 1.18 bits per heavy atom. The van der Waals surface area contributed by atoms with Crippen molar-refractivity contribution in [3.05, 3.63) is 64.6 Å². The molecule has 1 aromatic carbocycles. The Balaban J connectivity index is 1.74. The van der Waals surface area contributed by atoms with Gasteiger partial charge < -0.3 is 10.5 Å². The summed E-state index contributed by atoms with van der Waals surface area (Å²) in [6, 6.07) is 13.6. The average Bonchev–Trinajstić information content (AvgIpc) is 3.04. The zero-order valence-electron chi connectivity index (χ0n) is 12.3. The summed E-state index contributed by atoms with van der Waals surface area (Å²) in [6.07, 6.45) is 2.47. The number of nitrogens with zero attached hydrogens (tertiary/aromatic N) is 2. The number of thiazole rings is 1. The largest absolute Gasteiger partial charge is 0.497 e. The lowest BCUT2D eigenvalue weighted by Crippen LogP contribution is -2.13. The van der Waals surface area contributed by atoms with Crippen molar-refractivity contribution in [1.29, 1.82) is 0 Å². The van der Waals surface area contributed by atoms with Crippen molar-refractivity contribution >= 4 is 11.3 Å². The second-order valence-electron chi connectivity index (χ2n) is 4.93. The van der Waals surface area contributed by atoms with Crippen molar-refractivity contribution in [2.45, 2.75) is 12.5 Å². The highest BCUT2D eigenvalue weighted by Gasteiger charge is 2.12. The van der Waals surface area contributed by atoms with Gasteiger partial charge in [0, 0.05) is 24.0 Å². The minimum Gasteiger partial charge on any atom is -0.497 e. The fourth-order valence-corrected chi connectivity index (χ4v) is 3.06. The van der Waals surface area contributed by atoms with Gasteiger partial charge >= 0.3 is 0 Å². The lowest BCUT2D eigenvalue weighted by molar-refractivity contribution is 0.414. The molecule has 0 aliphatic heterocycles. The van der Waals surface area contributed by atoms with Crippen LogP contribution in [-0.2, 0) is 6.42 Å². The highest BCUT2D eigenvalue weighted by Crippen LogP contribution is 2.25. The van der Waals surface area contributed by atoms with Gasteiger partial charge in [-0.05, 0) is 29.8 Å². The Morgan fingerprint density at radius 2 is 2.09 bits per heavy atom. The van der Waals surface area contributed by atoms with E-state index < -0.39 is 0 Å². The van der Waals surface area contributed by atoms with E-state index in [1.807, 2.05) is 47.8 Å². The third-order valence-electron chi connectivity index (χ3n) is 3.40. The molecule has 0 amide bonds. The van der Waals surface area contributed by atoms with Crippen LogP contribution >= 0.6 is 11.3 Å². The third-order valence-corrected chi connectivity index (χ3v) is 4.27. The second kappa shape index (κ2) is 6.68. The van der Waals surface area contributed by atoms with E-state index in [1.165, 1.54) is 0 Å². The summed E-state index contributed by atoms with van der Waals surface area (Å²) in [6.45, 7) is 0. The lowest BCUT2D eigenvalue weighted by atomic mass is 10.0. The Labute approximate surface area is 133 Å². The van der Waals surface area contributed by atoms with Crippen LogP contribution in [0.2, 0.25) is 0 Å². The summed E-state index contributed by atoms with van der Waals surface area (Å²) in [7, 11) is 1.66. The SMILES string of the molecule is COc1cccc(C(N)Cc2nc(-c3ccccn3)cs2)c1. The molecule has 1 unspecified atom stereocenters. The van der Waals surface area contributed by atoms with Gasteiger partial charge in [-0.2, -0.15) is 0 Å². The van der Waals surface area contributed by atoms with E-state index in [-0.39, 0.29) is 6.04 Å². The molecule has 5 heteroatoms. The average molecular weight is 311 g/mol. The molecule has 0 aliphatic carbocycles. The van der Waals surface area contributed by atoms with Crippen molar-refractivity contribution in [1.82, 2.24) is 9.97 Å². The number of benzene rings is 1. The van der Waals surface area contributed by atoms with Crippen molar-refractivity contribution in [2.75, 3.05) is 7.11 Å². The lowest BCUT2D eigenvalue weighted by Gasteiger charge is -2.11. The molecule has 3 rings (SSSR count). The standard InChI is InChI=1S/C17H17N3OS/c1-21-13-6-4-5-12(9-13)14(18)10-17-20-16(11-22-17)15-7-2-3-8-19-15/h2-9,11,14H,10,18H2,1H3. The molecule has 1 atom stereocenters. The van der Waals surface area contributed by atoms with E-state index in [2.05, 4.69) is 9.97 Å². The monoisotopic (exact) mass is 311 g/mol. The topological polar surface area (TPSA) is 61.0 Å². The van der Waals surface area contributed by atoms with Gasteiger partial charge in [-0.3, -0.25) is 4.98 Å². The van der Waals surface area contributed by atoms with Gasteiger partial charge in [0.15, 0.2) is 0 Å². The third kappa shape index (κ3) is 3.32. The summed E-state index contributed by atoms with van der Waals surface area (Å²) in [5, 5.41) is 3.03. The van der Waals surface area contributed by atoms with Gasteiger partial charge in [-0.15, -0.1) is 11.3 Å². The van der Waals surface area contributed by atoms with Crippen LogP contribution in [0.1, 0.15) is 16.6 Å². The van der Waals surface area contributed by atoms with Crippen molar-refractivity contribution in [3.8, 4) is 17.1 Å². The Hall–Kier alpha value is -2.24. The molecule has 4 nitrogen and oxygen atoms in total. The Morgan fingerprint density at radius 3 is 2.86 bits per heavy atom. The molecular formula is C17H17N3OS. The number of methoxy groups -OCH3 is 1. The fourth-order valence-electron chi connectivity index (χ4n) is 2.21. The van der Waals surface area contributed by atoms with Crippen molar-refractivity contribution < 1.29 is 4.74 Å². The number of hydrogen-bond donors (Lipinski definition) is 1. The molecule has 0 spiro atoms. The molecule has 0 radical (unpaired) electrons. The molecule has 3 aromatic rings. The molecular weight excluding hydrogens is 294 g/mol. The first kappa shape index (κ1) is 14.7. The predicted octanol–water partition coefficient (Wildman–Crippen LogP) is 3.46. The number of hydrogen-bond acceptors (Lipinski definition) is 5. The van der Waals surface area contributed by atoms with Crippen molar-refractivity contribution in [2.24, 2.45) is 5.73 Å². The maximum Gasteiger partial charge on any atom is 0.119 e. The van der Waals surface area contributed by atoms with Gasteiger partial charge in [-0.1, -0.05) is 18.2 Å². The maximum absolute atomic E-state index is 6.29. The van der Waals surface area contributed by atoms with Crippen molar-refractivity contribution in [3.63, 3.8) is 0 Å². The van der Waals surface area contributed by atoms with Gasteiger partial charge in [0.2, 0.25) is 0 Å². The van der Waals surface area contributed by atoms with Crippen LogP contribution in [0.5, 0.6) is 5.75 Å². The fraction of sp³-hybridized carbons (Fsp3) is 0.176. The van der Waals surface area contributed by atoms with E-state index in [4.69, 9.17) is 10.5 Å². The van der Waals surface area contributed by atoms with E-state index in [1.54, 1.807) is 24.6 Å². The predicted molar refractivity (Wildman–Crippen MR) is 89.0 cm³/mol. The molecule has 0 fully saturated rings. The first-order chi connectivity index (χ1) is 10.8. The number of pyridine rings is 1. The zero-order valence-corrected chi connectivity index (χ0v) is 13.1. The Kier molecular flexibility index (Phi) is 4.46. The maximum atomic E-state index is 6.29. The molecule has 2 aromatic heterocycles. The highest BCUT2D eigenvalue weighted by atomic mass is 32.1. The summed E-state index contributed by atoms with van der Waals surface area (Å²) in [5.74, 6) is 0.821. The number of rotatable bonds is 5. The van der Waals surface area contributed by atoms with Crippen LogP contribution in [0.4, 0.5) is 0 Å². The van der Waals surface area contributed by atoms with Crippen LogP contribution in [0, 0.1) is 0 Å². The first-order valence-corrected chi connectivity index (χ1v) is 7.89. The minimum atomic E-state index is -0.0992. The van der Waals surface area contributed by atoms with E-state index in [9.17, 15) is 0 Å². The highest BCUT2D eigenvalue weighted by molar-refractivity contribution is 7.09. The molecule has 0 bridgehead atoms. The van der Waals surface area contributed by atoms with Gasteiger partial charge in [-0.25, -0.2) is 4.98 Å². The molecule has 112 valence electrons. The minimum absolute atomic E-state index is 0.0992. The van der Waals surface area contributed by atoms with Crippen LogP contribution < -0.4 is 10.5 Å². The normalized spacial score (nSPS) is 12.1. The van der Waals surface area contributed by atoms with Gasteiger partial charge in [0.25, 0.3) is 0 Å². The smallest absolute Gasteiger partial charge is 0.119 e. The quantitative estimate of drug-likeness (QED) is 0.784. The summed E-state index contributed by atoms with van der Waals surface area (Å²) >= 11 is 1.61. The summed E-state index contributed by atoms with van der Waals surface area (Å²) < 4.78 is 5.24. The molecule has 0 aliphatic rings. The number of aromatic nitrogens is 2. The molecule has 22 heavy (non-hydrogen) atoms. The van der Waals surface area contributed by atoms with Crippen LogP contribution in [0.25, 0.3) is 11.4 Å². The molecule has 2 N–H and O–H groups in total. The van der Waals surface area contributed by atoms with E-state index in [0.29, 0.717) is 6.42 Å². The molecule has 2 heterocycles. The van der Waals surface area contributed by atoms with Gasteiger partial charge in [0.1, 0.15) is 5.75 Å². The van der Waals surface area contributed by atoms with Crippen LogP contribution in [-0.4, -0.2) is 17.1 Å². The first-order valence-electron chi connectivity index (χ1n) is 7.01. The van der Waals surface area contributed by atoms with Crippen LogP contribution in [0.15, 0.2) is 54.0 Å². The summed E-state index contributed by atoms with van der Waals surface area (Å²) in [4.78, 5) is 8.95. The Bertz CT molecular complexity index is 742. The summed E-state index contributed by atoms with van der Waals surface area (Å²) in [5.41, 5.74) is 9.13. The molecule has 0 saturated heterocycles.